The van der Waals surface area contributed by atoms with Crippen LogP contribution in [0.2, 0.25) is 0 Å². The summed E-state index contributed by atoms with van der Waals surface area (Å²) in [5, 5.41) is 8.07. The first kappa shape index (κ1) is 21.6. The van der Waals surface area contributed by atoms with Crippen LogP contribution >= 0.6 is 0 Å². The number of carbonyl (C=O) groups excluding carboxylic acids is 4. The van der Waals surface area contributed by atoms with Crippen molar-refractivity contribution in [2.24, 2.45) is 11.8 Å². The summed E-state index contributed by atoms with van der Waals surface area (Å²) >= 11 is 0. The highest BCUT2D eigenvalue weighted by Crippen LogP contribution is 2.35. The highest BCUT2D eigenvalue weighted by atomic mass is 16.2. The minimum Gasteiger partial charge on any atom is -0.356 e. The van der Waals surface area contributed by atoms with Crippen LogP contribution in [0.1, 0.15) is 71.1 Å². The van der Waals surface area contributed by atoms with Crippen LogP contribution in [0, 0.1) is 11.8 Å². The standard InChI is InChI=1S/C21H34N4O4/c1-2-3-4-5-12-22-17(26)16-7-6-13-25(14-16)18(27)15-8-10-21(11-9-15)19(28)23-20(29)24-21/h15-16H,2-14H2,1H3,(H,22,26)(H2,23,24,28,29). The number of imide groups is 1. The summed E-state index contributed by atoms with van der Waals surface area (Å²) in [6.07, 6.45) is 8.29. The molecule has 3 fully saturated rings. The molecular weight excluding hydrogens is 372 g/mol. The Bertz CT molecular complexity index is 643. The zero-order chi connectivity index (χ0) is 20.9. The minimum absolute atomic E-state index is 0.0620. The number of unbranched alkanes of at least 4 members (excludes halogenated alkanes) is 3. The van der Waals surface area contributed by atoms with Gasteiger partial charge in [-0.3, -0.25) is 19.7 Å². The topological polar surface area (TPSA) is 108 Å². The number of hydrogen-bond donors (Lipinski definition) is 3. The number of urea groups is 1. The van der Waals surface area contributed by atoms with Crippen LogP contribution in [0.25, 0.3) is 0 Å². The van der Waals surface area contributed by atoms with Gasteiger partial charge in [-0.1, -0.05) is 26.2 Å². The summed E-state index contributed by atoms with van der Waals surface area (Å²) in [6, 6.07) is -0.445. The Balaban J connectivity index is 1.46. The van der Waals surface area contributed by atoms with Crippen molar-refractivity contribution in [3.63, 3.8) is 0 Å². The van der Waals surface area contributed by atoms with Crippen molar-refractivity contribution >= 4 is 23.8 Å². The molecule has 2 aliphatic heterocycles. The van der Waals surface area contributed by atoms with E-state index in [2.05, 4.69) is 22.9 Å². The molecular formula is C21H34N4O4. The first-order valence-electron chi connectivity index (χ1n) is 11.2. The lowest BCUT2D eigenvalue weighted by molar-refractivity contribution is -0.141. The minimum atomic E-state index is -0.837. The van der Waals surface area contributed by atoms with Crippen LogP contribution in [-0.4, -0.2) is 53.8 Å². The van der Waals surface area contributed by atoms with Gasteiger partial charge in [0.1, 0.15) is 5.54 Å². The fraction of sp³-hybridized carbons (Fsp3) is 0.810. The van der Waals surface area contributed by atoms with Crippen molar-refractivity contribution in [1.29, 1.82) is 0 Å². The molecule has 1 unspecified atom stereocenters. The Kier molecular flexibility index (Phi) is 7.14. The molecule has 1 spiro atoms. The number of hydrogen-bond acceptors (Lipinski definition) is 4. The van der Waals surface area contributed by atoms with Crippen LogP contribution in [0.4, 0.5) is 4.79 Å². The van der Waals surface area contributed by atoms with Crippen LogP contribution in [0.3, 0.4) is 0 Å². The lowest BCUT2D eigenvalue weighted by atomic mass is 9.76. The van der Waals surface area contributed by atoms with E-state index in [1.165, 1.54) is 12.8 Å². The normalized spacial score (nSPS) is 29.5. The number of piperidine rings is 1. The Morgan fingerprint density at radius 3 is 2.52 bits per heavy atom. The zero-order valence-corrected chi connectivity index (χ0v) is 17.4. The third-order valence-electron chi connectivity index (χ3n) is 6.64. The molecule has 0 radical (unpaired) electrons. The summed E-state index contributed by atoms with van der Waals surface area (Å²) in [5.74, 6) is -0.394. The molecule has 0 aromatic heterocycles. The van der Waals surface area contributed by atoms with Crippen LogP contribution in [-0.2, 0) is 14.4 Å². The van der Waals surface area contributed by atoms with E-state index in [-0.39, 0.29) is 29.6 Å². The largest absolute Gasteiger partial charge is 0.356 e. The number of carbonyl (C=O) groups is 4. The van der Waals surface area contributed by atoms with E-state index in [0.29, 0.717) is 45.3 Å². The van der Waals surface area contributed by atoms with Crippen LogP contribution in [0.15, 0.2) is 0 Å². The first-order valence-corrected chi connectivity index (χ1v) is 11.2. The second kappa shape index (κ2) is 9.59. The smallest absolute Gasteiger partial charge is 0.322 e. The number of amides is 5. The lowest BCUT2D eigenvalue weighted by Crippen LogP contribution is -2.52. The molecule has 3 rings (SSSR count). The molecule has 0 aromatic rings. The fourth-order valence-electron chi connectivity index (χ4n) is 4.79. The predicted molar refractivity (Wildman–Crippen MR) is 108 cm³/mol. The third kappa shape index (κ3) is 5.08. The van der Waals surface area contributed by atoms with Crippen molar-refractivity contribution in [2.45, 2.75) is 76.7 Å². The molecule has 8 nitrogen and oxygen atoms in total. The summed E-state index contributed by atoms with van der Waals surface area (Å²) in [7, 11) is 0. The Morgan fingerprint density at radius 1 is 1.10 bits per heavy atom. The van der Waals surface area contributed by atoms with Gasteiger partial charge in [0.2, 0.25) is 11.8 Å². The van der Waals surface area contributed by atoms with Crippen molar-refractivity contribution in [1.82, 2.24) is 20.9 Å². The molecule has 1 saturated carbocycles. The molecule has 1 atom stereocenters. The highest BCUT2D eigenvalue weighted by Gasteiger charge is 2.49. The average Bonchev–Trinajstić information content (AvgIpc) is 3.00. The van der Waals surface area contributed by atoms with Gasteiger partial charge < -0.3 is 15.5 Å². The predicted octanol–water partition coefficient (Wildman–Crippen LogP) is 1.69. The van der Waals surface area contributed by atoms with Gasteiger partial charge in [-0.2, -0.15) is 0 Å². The van der Waals surface area contributed by atoms with E-state index in [0.717, 1.165) is 25.7 Å². The molecule has 0 aromatic carbocycles. The summed E-state index contributed by atoms with van der Waals surface area (Å²) in [4.78, 5) is 50.8. The Morgan fingerprint density at radius 2 is 1.86 bits per heavy atom. The average molecular weight is 407 g/mol. The highest BCUT2D eigenvalue weighted by molar-refractivity contribution is 6.07. The van der Waals surface area contributed by atoms with E-state index in [1.807, 2.05) is 4.90 Å². The second-order valence-corrected chi connectivity index (χ2v) is 8.74. The van der Waals surface area contributed by atoms with Gasteiger partial charge in [-0.25, -0.2) is 4.79 Å². The number of nitrogens with zero attached hydrogens (tertiary/aromatic N) is 1. The molecule has 3 N–H and O–H groups in total. The van der Waals surface area contributed by atoms with Crippen molar-refractivity contribution < 1.29 is 19.2 Å². The fourth-order valence-corrected chi connectivity index (χ4v) is 4.79. The summed E-state index contributed by atoms with van der Waals surface area (Å²) < 4.78 is 0. The van der Waals surface area contributed by atoms with Gasteiger partial charge in [0, 0.05) is 25.6 Å². The molecule has 162 valence electrons. The third-order valence-corrected chi connectivity index (χ3v) is 6.64. The van der Waals surface area contributed by atoms with Gasteiger partial charge in [0.05, 0.1) is 5.92 Å². The maximum Gasteiger partial charge on any atom is 0.322 e. The number of rotatable bonds is 7. The maximum atomic E-state index is 13.0. The van der Waals surface area contributed by atoms with E-state index in [9.17, 15) is 19.2 Å². The molecule has 1 aliphatic carbocycles. The quantitative estimate of drug-likeness (QED) is 0.442. The molecule has 5 amide bonds. The van der Waals surface area contributed by atoms with E-state index in [4.69, 9.17) is 0 Å². The summed E-state index contributed by atoms with van der Waals surface area (Å²) in [5.41, 5.74) is -0.837. The van der Waals surface area contributed by atoms with E-state index in [1.54, 1.807) is 0 Å². The van der Waals surface area contributed by atoms with Gasteiger partial charge in [0.15, 0.2) is 0 Å². The molecule has 0 bridgehead atoms. The summed E-state index contributed by atoms with van der Waals surface area (Å²) in [6.45, 7) is 4.05. The second-order valence-electron chi connectivity index (χ2n) is 8.74. The SMILES string of the molecule is CCCCCCNC(=O)C1CCCN(C(=O)C2CCC3(CC2)NC(=O)NC3=O)C1. The number of nitrogens with one attached hydrogen (secondary N) is 3. The van der Waals surface area contributed by atoms with Crippen molar-refractivity contribution in [3.05, 3.63) is 0 Å². The van der Waals surface area contributed by atoms with Crippen LogP contribution < -0.4 is 16.0 Å². The van der Waals surface area contributed by atoms with Crippen molar-refractivity contribution in [2.75, 3.05) is 19.6 Å². The van der Waals surface area contributed by atoms with E-state index >= 15 is 0 Å². The zero-order valence-electron chi connectivity index (χ0n) is 17.4. The van der Waals surface area contributed by atoms with Crippen molar-refractivity contribution in [3.8, 4) is 0 Å². The number of likely N-dealkylation sites (tertiary alicyclic amines) is 1. The van der Waals surface area contributed by atoms with E-state index < -0.39 is 11.6 Å². The molecule has 3 aliphatic rings. The van der Waals surface area contributed by atoms with Gasteiger partial charge >= 0.3 is 6.03 Å². The Hall–Kier alpha value is -2.12. The van der Waals surface area contributed by atoms with Gasteiger partial charge in [-0.15, -0.1) is 0 Å². The molecule has 2 heterocycles. The van der Waals surface area contributed by atoms with Crippen LogP contribution in [0.5, 0.6) is 0 Å². The molecule has 29 heavy (non-hydrogen) atoms. The monoisotopic (exact) mass is 406 g/mol. The molecule has 8 heteroatoms. The maximum absolute atomic E-state index is 13.0. The lowest BCUT2D eigenvalue weighted by Gasteiger charge is -2.38. The first-order chi connectivity index (χ1) is 13.9. The van der Waals surface area contributed by atoms with Gasteiger partial charge in [-0.05, 0) is 44.9 Å². The van der Waals surface area contributed by atoms with Gasteiger partial charge in [0.25, 0.3) is 5.91 Å². The Labute approximate surface area is 172 Å². The molecule has 2 saturated heterocycles.